The van der Waals surface area contributed by atoms with Gasteiger partial charge >= 0.3 is 0 Å². The first-order valence-corrected chi connectivity index (χ1v) is 7.61. The fraction of sp³-hybridized carbons (Fsp3) is 0.600. The van der Waals surface area contributed by atoms with Gasteiger partial charge in [-0.25, -0.2) is 0 Å². The van der Waals surface area contributed by atoms with Gasteiger partial charge in [-0.3, -0.25) is 0 Å². The molecular formula is C15H25NS. The number of unbranched alkanes of at least 4 members (excludes halogenated alkanes) is 2. The van der Waals surface area contributed by atoms with Gasteiger partial charge in [-0.15, -0.1) is 11.8 Å². The zero-order valence-electron chi connectivity index (χ0n) is 11.3. The molecule has 1 aromatic rings. The Kier molecular flexibility index (Phi) is 7.38. The Morgan fingerprint density at radius 2 is 1.88 bits per heavy atom. The van der Waals surface area contributed by atoms with Crippen molar-refractivity contribution in [3.63, 3.8) is 0 Å². The highest BCUT2D eigenvalue weighted by Crippen LogP contribution is 2.20. The molecule has 2 heteroatoms. The minimum absolute atomic E-state index is 0.646. The van der Waals surface area contributed by atoms with Crippen molar-refractivity contribution in [2.75, 3.05) is 12.8 Å². The first kappa shape index (κ1) is 14.6. The zero-order chi connectivity index (χ0) is 12.5. The minimum atomic E-state index is 0.646. The maximum atomic E-state index is 3.42. The number of nitrogens with one attached hydrogen (secondary N) is 1. The molecule has 17 heavy (non-hydrogen) atoms. The maximum absolute atomic E-state index is 3.42. The quantitative estimate of drug-likeness (QED) is 0.547. The Bertz CT molecular complexity index is 294. The predicted octanol–water partition coefficient (Wildman–Crippen LogP) is 4.26. The van der Waals surface area contributed by atoms with Crippen molar-refractivity contribution in [1.82, 2.24) is 5.32 Å². The van der Waals surface area contributed by atoms with Crippen LogP contribution in [-0.2, 0) is 0 Å². The molecule has 96 valence electrons. The average Bonchev–Trinajstić information content (AvgIpc) is 2.35. The number of rotatable bonds is 8. The van der Waals surface area contributed by atoms with E-state index in [1.807, 2.05) is 11.8 Å². The highest BCUT2D eigenvalue weighted by molar-refractivity contribution is 7.99. The molecule has 0 saturated heterocycles. The zero-order valence-corrected chi connectivity index (χ0v) is 12.1. The third-order valence-electron chi connectivity index (χ3n) is 3.04. The second-order valence-electron chi connectivity index (χ2n) is 4.61. The van der Waals surface area contributed by atoms with Crippen LogP contribution in [-0.4, -0.2) is 18.8 Å². The van der Waals surface area contributed by atoms with E-state index in [1.165, 1.54) is 41.9 Å². The Morgan fingerprint density at radius 1 is 1.18 bits per heavy atom. The van der Waals surface area contributed by atoms with Gasteiger partial charge in [-0.1, -0.05) is 43.9 Å². The van der Waals surface area contributed by atoms with E-state index < -0.39 is 0 Å². The molecule has 1 nitrogen and oxygen atoms in total. The molecule has 0 radical (unpaired) electrons. The van der Waals surface area contributed by atoms with E-state index in [0.717, 1.165) is 0 Å². The summed E-state index contributed by atoms with van der Waals surface area (Å²) >= 11 is 1.96. The smallest absolute Gasteiger partial charge is 0.0158 e. The summed E-state index contributed by atoms with van der Waals surface area (Å²) in [6.45, 7) is 4.39. The van der Waals surface area contributed by atoms with E-state index in [0.29, 0.717) is 6.04 Å². The maximum Gasteiger partial charge on any atom is 0.0158 e. The monoisotopic (exact) mass is 251 g/mol. The molecule has 0 amide bonds. The van der Waals surface area contributed by atoms with Crippen molar-refractivity contribution in [3.8, 4) is 0 Å². The molecule has 1 N–H and O–H groups in total. The summed E-state index contributed by atoms with van der Waals surface area (Å²) in [6.07, 6.45) is 5.30. The number of thioether (sulfide) groups is 1. The van der Waals surface area contributed by atoms with E-state index in [4.69, 9.17) is 0 Å². The van der Waals surface area contributed by atoms with Crippen molar-refractivity contribution in [1.29, 1.82) is 0 Å². The summed E-state index contributed by atoms with van der Waals surface area (Å²) in [5.41, 5.74) is 1.34. The molecule has 0 bridgehead atoms. The average molecular weight is 251 g/mol. The van der Waals surface area contributed by atoms with Gasteiger partial charge in [-0.2, -0.15) is 0 Å². The highest BCUT2D eigenvalue weighted by atomic mass is 32.2. The Hall–Kier alpha value is -0.470. The van der Waals surface area contributed by atoms with Gasteiger partial charge in [0.05, 0.1) is 0 Å². The SMILES string of the molecule is CCCCCC(CSc1ccc(C)cc1)NC. The van der Waals surface area contributed by atoms with Crippen LogP contribution in [0.5, 0.6) is 0 Å². The van der Waals surface area contributed by atoms with Crippen LogP contribution in [0.15, 0.2) is 29.2 Å². The summed E-state index contributed by atoms with van der Waals surface area (Å²) in [5.74, 6) is 1.17. The van der Waals surface area contributed by atoms with Crippen LogP contribution in [0.1, 0.15) is 38.2 Å². The van der Waals surface area contributed by atoms with Crippen LogP contribution < -0.4 is 5.32 Å². The van der Waals surface area contributed by atoms with E-state index in [1.54, 1.807) is 0 Å². The van der Waals surface area contributed by atoms with E-state index in [-0.39, 0.29) is 0 Å². The topological polar surface area (TPSA) is 12.0 Å². The molecule has 1 rings (SSSR count). The summed E-state index contributed by atoms with van der Waals surface area (Å²) in [7, 11) is 2.08. The number of hydrogen-bond acceptors (Lipinski definition) is 2. The lowest BCUT2D eigenvalue weighted by atomic mass is 10.1. The first-order valence-electron chi connectivity index (χ1n) is 6.63. The van der Waals surface area contributed by atoms with Crippen molar-refractivity contribution >= 4 is 11.8 Å². The third-order valence-corrected chi connectivity index (χ3v) is 4.21. The summed E-state index contributed by atoms with van der Waals surface area (Å²) in [5, 5.41) is 3.42. The first-order chi connectivity index (χ1) is 8.26. The molecule has 0 aliphatic carbocycles. The molecular weight excluding hydrogens is 226 g/mol. The second-order valence-corrected chi connectivity index (χ2v) is 5.70. The van der Waals surface area contributed by atoms with Gasteiger partial charge in [0.1, 0.15) is 0 Å². The standard InChI is InChI=1S/C15H25NS/c1-4-5-6-7-14(16-3)12-17-15-10-8-13(2)9-11-15/h8-11,14,16H,4-7,12H2,1-3H3. The Balaban J connectivity index is 2.29. The fourth-order valence-electron chi connectivity index (χ4n) is 1.78. The van der Waals surface area contributed by atoms with Crippen molar-refractivity contribution in [2.45, 2.75) is 50.5 Å². The van der Waals surface area contributed by atoms with Crippen molar-refractivity contribution in [2.24, 2.45) is 0 Å². The summed E-state index contributed by atoms with van der Waals surface area (Å²) < 4.78 is 0. The van der Waals surface area contributed by atoms with E-state index >= 15 is 0 Å². The Labute approximate surface area is 110 Å². The number of hydrogen-bond donors (Lipinski definition) is 1. The van der Waals surface area contributed by atoms with Crippen LogP contribution >= 0.6 is 11.8 Å². The molecule has 0 heterocycles. The van der Waals surface area contributed by atoms with Gasteiger partial charge in [-0.05, 0) is 32.5 Å². The van der Waals surface area contributed by atoms with E-state index in [2.05, 4.69) is 50.5 Å². The lowest BCUT2D eigenvalue weighted by molar-refractivity contribution is 0.531. The van der Waals surface area contributed by atoms with Crippen LogP contribution in [0, 0.1) is 6.92 Å². The largest absolute Gasteiger partial charge is 0.316 e. The van der Waals surface area contributed by atoms with Gasteiger partial charge in [0.15, 0.2) is 0 Å². The van der Waals surface area contributed by atoms with Gasteiger partial charge in [0, 0.05) is 16.7 Å². The van der Waals surface area contributed by atoms with Crippen LogP contribution in [0.4, 0.5) is 0 Å². The molecule has 1 unspecified atom stereocenters. The molecule has 0 fully saturated rings. The minimum Gasteiger partial charge on any atom is -0.316 e. The van der Waals surface area contributed by atoms with Gasteiger partial charge in [0.2, 0.25) is 0 Å². The normalized spacial score (nSPS) is 12.6. The van der Waals surface area contributed by atoms with Crippen LogP contribution in [0.2, 0.25) is 0 Å². The molecule has 0 aliphatic rings. The lowest BCUT2D eigenvalue weighted by Gasteiger charge is -2.15. The summed E-state index contributed by atoms with van der Waals surface area (Å²) in [6, 6.07) is 9.46. The van der Waals surface area contributed by atoms with Gasteiger partial charge in [0.25, 0.3) is 0 Å². The molecule has 1 aromatic carbocycles. The predicted molar refractivity (Wildman–Crippen MR) is 78.9 cm³/mol. The fourth-order valence-corrected chi connectivity index (χ4v) is 2.84. The molecule has 0 aliphatic heterocycles. The van der Waals surface area contributed by atoms with Gasteiger partial charge < -0.3 is 5.32 Å². The molecule has 0 saturated carbocycles. The Morgan fingerprint density at radius 3 is 2.47 bits per heavy atom. The highest BCUT2D eigenvalue weighted by Gasteiger charge is 2.06. The van der Waals surface area contributed by atoms with Crippen molar-refractivity contribution < 1.29 is 0 Å². The van der Waals surface area contributed by atoms with Crippen LogP contribution in [0.3, 0.4) is 0 Å². The number of benzene rings is 1. The number of aryl methyl sites for hydroxylation is 1. The lowest BCUT2D eigenvalue weighted by Crippen LogP contribution is -2.27. The van der Waals surface area contributed by atoms with Crippen molar-refractivity contribution in [3.05, 3.63) is 29.8 Å². The third kappa shape index (κ3) is 6.13. The molecule has 0 aromatic heterocycles. The summed E-state index contributed by atoms with van der Waals surface area (Å²) in [4.78, 5) is 1.38. The second kappa shape index (κ2) is 8.60. The van der Waals surface area contributed by atoms with E-state index in [9.17, 15) is 0 Å². The molecule has 0 spiro atoms. The van der Waals surface area contributed by atoms with Crippen LogP contribution in [0.25, 0.3) is 0 Å². The molecule has 1 atom stereocenters.